The van der Waals surface area contributed by atoms with Crippen molar-refractivity contribution in [3.8, 4) is 0 Å². The van der Waals surface area contributed by atoms with E-state index in [4.69, 9.17) is 4.98 Å². The predicted octanol–water partition coefficient (Wildman–Crippen LogP) is 5.25. The van der Waals surface area contributed by atoms with E-state index in [0.717, 1.165) is 38.1 Å². The van der Waals surface area contributed by atoms with Crippen molar-refractivity contribution in [1.82, 2.24) is 9.97 Å². The molecule has 5 heteroatoms. The number of halogens is 1. The molecule has 0 aliphatic carbocycles. The van der Waals surface area contributed by atoms with E-state index in [0.29, 0.717) is 5.92 Å². The fraction of sp³-hybridized carbons (Fsp3) is 0.375. The topological polar surface area (TPSA) is 37.8 Å². The van der Waals surface area contributed by atoms with E-state index in [1.54, 1.807) is 11.8 Å². The van der Waals surface area contributed by atoms with E-state index in [-0.39, 0.29) is 0 Å². The number of nitrogens with one attached hydrogen (secondary N) is 1. The minimum Gasteiger partial charge on any atom is -0.370 e. The second-order valence-electron chi connectivity index (χ2n) is 5.08. The quantitative estimate of drug-likeness (QED) is 0.733. The van der Waals surface area contributed by atoms with Gasteiger partial charge in [0.1, 0.15) is 16.7 Å². The summed E-state index contributed by atoms with van der Waals surface area (Å²) in [6, 6.07) is 8.20. The smallest absolute Gasteiger partial charge is 0.134 e. The van der Waals surface area contributed by atoms with Gasteiger partial charge in [-0.25, -0.2) is 9.97 Å². The van der Waals surface area contributed by atoms with Crippen LogP contribution in [0.3, 0.4) is 0 Å². The summed E-state index contributed by atoms with van der Waals surface area (Å²) < 4.78 is 1.09. The summed E-state index contributed by atoms with van der Waals surface area (Å²) in [5.74, 6) is 2.12. The zero-order valence-electron chi connectivity index (χ0n) is 12.8. The lowest BCUT2D eigenvalue weighted by Gasteiger charge is -2.14. The van der Waals surface area contributed by atoms with E-state index in [9.17, 15) is 0 Å². The third-order valence-electron chi connectivity index (χ3n) is 3.02. The summed E-state index contributed by atoms with van der Waals surface area (Å²) in [4.78, 5) is 10.5. The Balaban J connectivity index is 2.44. The molecule has 2 rings (SSSR count). The lowest BCUT2D eigenvalue weighted by Crippen LogP contribution is -2.08. The molecule has 1 aromatic carbocycles. The van der Waals surface area contributed by atoms with Gasteiger partial charge in [-0.3, -0.25) is 0 Å². The molecule has 0 amide bonds. The highest BCUT2D eigenvalue weighted by atomic mass is 79.9. The van der Waals surface area contributed by atoms with Gasteiger partial charge in [-0.2, -0.15) is 0 Å². The number of anilines is 1. The lowest BCUT2D eigenvalue weighted by atomic mass is 10.2. The zero-order valence-corrected chi connectivity index (χ0v) is 15.2. The second-order valence-corrected chi connectivity index (χ2v) is 6.96. The van der Waals surface area contributed by atoms with E-state index < -0.39 is 0 Å². The highest BCUT2D eigenvalue weighted by molar-refractivity contribution is 9.10. The fourth-order valence-corrected chi connectivity index (χ4v) is 3.28. The maximum Gasteiger partial charge on any atom is 0.134 e. The van der Waals surface area contributed by atoms with E-state index in [2.05, 4.69) is 60.0 Å². The standard InChI is InChI=1S/C16H20BrN3S/c1-5-18-15-11(4)16(20-14(19-15)10(2)3)21-13-9-7-6-8-12(13)17/h6-10H,5H2,1-4H3,(H,18,19,20). The van der Waals surface area contributed by atoms with Crippen LogP contribution in [0.1, 0.15) is 38.1 Å². The van der Waals surface area contributed by atoms with Crippen LogP contribution in [0.15, 0.2) is 38.7 Å². The highest BCUT2D eigenvalue weighted by Gasteiger charge is 2.14. The average Bonchev–Trinajstić information content (AvgIpc) is 2.45. The van der Waals surface area contributed by atoms with Crippen LogP contribution in [0.25, 0.3) is 0 Å². The van der Waals surface area contributed by atoms with Crippen molar-refractivity contribution in [2.45, 2.75) is 43.5 Å². The van der Waals surface area contributed by atoms with Crippen molar-refractivity contribution in [1.29, 1.82) is 0 Å². The monoisotopic (exact) mass is 365 g/mol. The van der Waals surface area contributed by atoms with Crippen molar-refractivity contribution in [2.24, 2.45) is 0 Å². The SMILES string of the molecule is CCNc1nc(C(C)C)nc(Sc2ccccc2Br)c1C. The highest BCUT2D eigenvalue weighted by Crippen LogP contribution is 2.36. The molecule has 1 heterocycles. The molecule has 1 aromatic heterocycles. The molecule has 2 aromatic rings. The van der Waals surface area contributed by atoms with Gasteiger partial charge in [-0.05, 0) is 41.9 Å². The first-order valence-electron chi connectivity index (χ1n) is 7.07. The van der Waals surface area contributed by atoms with E-state index in [1.165, 1.54) is 0 Å². The van der Waals surface area contributed by atoms with Crippen LogP contribution < -0.4 is 5.32 Å². The van der Waals surface area contributed by atoms with Gasteiger partial charge in [-0.1, -0.05) is 37.7 Å². The van der Waals surface area contributed by atoms with Gasteiger partial charge in [0, 0.05) is 27.4 Å². The Morgan fingerprint density at radius 1 is 1.24 bits per heavy atom. The number of rotatable bonds is 5. The Bertz CT molecular complexity index is 629. The summed E-state index contributed by atoms with van der Waals surface area (Å²) >= 11 is 5.27. The molecule has 112 valence electrons. The molecule has 0 radical (unpaired) electrons. The van der Waals surface area contributed by atoms with Gasteiger partial charge in [0.15, 0.2) is 0 Å². The number of aromatic nitrogens is 2. The molecule has 21 heavy (non-hydrogen) atoms. The van der Waals surface area contributed by atoms with Crippen LogP contribution >= 0.6 is 27.7 Å². The molecule has 0 unspecified atom stereocenters. The van der Waals surface area contributed by atoms with Gasteiger partial charge in [0.05, 0.1) is 0 Å². The van der Waals surface area contributed by atoms with Crippen LogP contribution in [0, 0.1) is 6.92 Å². The van der Waals surface area contributed by atoms with E-state index in [1.807, 2.05) is 18.2 Å². The van der Waals surface area contributed by atoms with Crippen molar-refractivity contribution in [2.75, 3.05) is 11.9 Å². The average molecular weight is 366 g/mol. The van der Waals surface area contributed by atoms with Gasteiger partial charge in [0.25, 0.3) is 0 Å². The fourth-order valence-electron chi connectivity index (χ4n) is 1.84. The molecule has 0 spiro atoms. The summed E-state index contributed by atoms with van der Waals surface area (Å²) in [6.45, 7) is 9.24. The minimum absolute atomic E-state index is 0.307. The van der Waals surface area contributed by atoms with Crippen molar-refractivity contribution in [3.05, 3.63) is 40.1 Å². The number of benzene rings is 1. The molecule has 0 saturated carbocycles. The molecule has 0 saturated heterocycles. The normalized spacial score (nSPS) is 11.0. The molecule has 0 fully saturated rings. The van der Waals surface area contributed by atoms with Crippen molar-refractivity contribution < 1.29 is 0 Å². The Labute approximate surface area is 139 Å². The van der Waals surface area contributed by atoms with Gasteiger partial charge in [0.2, 0.25) is 0 Å². The van der Waals surface area contributed by atoms with Gasteiger partial charge < -0.3 is 5.32 Å². The van der Waals surface area contributed by atoms with Crippen LogP contribution in [0.2, 0.25) is 0 Å². The maximum absolute atomic E-state index is 4.74. The molecular formula is C16H20BrN3S. The maximum atomic E-state index is 4.74. The van der Waals surface area contributed by atoms with Crippen molar-refractivity contribution >= 4 is 33.5 Å². The Morgan fingerprint density at radius 3 is 2.57 bits per heavy atom. The van der Waals surface area contributed by atoms with Gasteiger partial charge in [-0.15, -0.1) is 0 Å². The Hall–Kier alpha value is -1.07. The second kappa shape index (κ2) is 7.27. The van der Waals surface area contributed by atoms with Crippen LogP contribution in [-0.2, 0) is 0 Å². The summed E-state index contributed by atoms with van der Waals surface area (Å²) in [6.07, 6.45) is 0. The molecule has 0 aliphatic heterocycles. The summed E-state index contributed by atoms with van der Waals surface area (Å²) in [7, 11) is 0. The zero-order chi connectivity index (χ0) is 15.4. The third-order valence-corrected chi connectivity index (χ3v) is 5.14. The largest absolute Gasteiger partial charge is 0.370 e. The number of hydrogen-bond acceptors (Lipinski definition) is 4. The molecule has 3 nitrogen and oxygen atoms in total. The molecular weight excluding hydrogens is 346 g/mol. The summed E-state index contributed by atoms with van der Waals surface area (Å²) in [5, 5.41) is 4.35. The third kappa shape index (κ3) is 3.98. The lowest BCUT2D eigenvalue weighted by molar-refractivity contribution is 0.748. The van der Waals surface area contributed by atoms with E-state index >= 15 is 0 Å². The summed E-state index contributed by atoms with van der Waals surface area (Å²) in [5.41, 5.74) is 1.10. The molecule has 0 atom stereocenters. The molecule has 0 bridgehead atoms. The first-order chi connectivity index (χ1) is 10.0. The Morgan fingerprint density at radius 2 is 1.95 bits per heavy atom. The first-order valence-corrected chi connectivity index (χ1v) is 8.68. The van der Waals surface area contributed by atoms with Crippen molar-refractivity contribution in [3.63, 3.8) is 0 Å². The minimum atomic E-state index is 0.307. The number of nitrogens with zero attached hydrogens (tertiary/aromatic N) is 2. The Kier molecular flexibility index (Phi) is 5.65. The first kappa shape index (κ1) is 16.3. The van der Waals surface area contributed by atoms with Crippen LogP contribution in [-0.4, -0.2) is 16.5 Å². The molecule has 1 N–H and O–H groups in total. The molecule has 0 aliphatic rings. The van der Waals surface area contributed by atoms with Gasteiger partial charge >= 0.3 is 0 Å². The van der Waals surface area contributed by atoms with Crippen LogP contribution in [0.5, 0.6) is 0 Å². The van der Waals surface area contributed by atoms with Crippen LogP contribution in [0.4, 0.5) is 5.82 Å². The predicted molar refractivity (Wildman–Crippen MR) is 93.3 cm³/mol. The number of hydrogen-bond donors (Lipinski definition) is 1.